The molecule has 0 saturated heterocycles. The molecule has 2 aromatic rings. The van der Waals surface area contributed by atoms with Gasteiger partial charge in [0.25, 0.3) is 0 Å². The molecule has 0 aliphatic rings. The van der Waals surface area contributed by atoms with E-state index in [1.165, 1.54) is 5.56 Å². The van der Waals surface area contributed by atoms with Gasteiger partial charge in [0.05, 0.1) is 17.4 Å². The van der Waals surface area contributed by atoms with Crippen LogP contribution in [0.2, 0.25) is 0 Å². The van der Waals surface area contributed by atoms with Gasteiger partial charge in [-0.2, -0.15) is 0 Å². The van der Waals surface area contributed by atoms with E-state index in [0.29, 0.717) is 6.73 Å². The molecular formula is C13H18N2O. The standard InChI is InChI=1S/C13H18N2O/c1-3-7-16-10-15-9-14-12-8-11(4-2)5-6-13(12)15/h5-6,8-9H,3-4,7,10H2,1-2H3. The third-order valence-corrected chi connectivity index (χ3v) is 2.67. The molecule has 3 nitrogen and oxygen atoms in total. The lowest BCUT2D eigenvalue weighted by Crippen LogP contribution is -2.01. The van der Waals surface area contributed by atoms with Crippen LogP contribution in [0.1, 0.15) is 25.8 Å². The van der Waals surface area contributed by atoms with Crippen LogP contribution in [-0.2, 0) is 17.9 Å². The molecule has 0 amide bonds. The average molecular weight is 218 g/mol. The minimum absolute atomic E-state index is 0.593. The van der Waals surface area contributed by atoms with Gasteiger partial charge in [-0.25, -0.2) is 4.98 Å². The summed E-state index contributed by atoms with van der Waals surface area (Å²) in [7, 11) is 0. The summed E-state index contributed by atoms with van der Waals surface area (Å²) in [6.07, 6.45) is 3.95. The summed E-state index contributed by atoms with van der Waals surface area (Å²) < 4.78 is 7.56. The predicted octanol–water partition coefficient (Wildman–Crippen LogP) is 2.98. The Bertz CT molecular complexity index is 462. The molecule has 86 valence electrons. The Morgan fingerprint density at radius 3 is 2.94 bits per heavy atom. The van der Waals surface area contributed by atoms with Crippen molar-refractivity contribution in [2.75, 3.05) is 6.61 Å². The van der Waals surface area contributed by atoms with Crippen LogP contribution in [0.5, 0.6) is 0 Å². The molecule has 0 bridgehead atoms. The number of aromatic nitrogens is 2. The average Bonchev–Trinajstić information content (AvgIpc) is 2.72. The van der Waals surface area contributed by atoms with E-state index in [9.17, 15) is 0 Å². The number of hydrogen-bond donors (Lipinski definition) is 0. The van der Waals surface area contributed by atoms with Crippen LogP contribution < -0.4 is 0 Å². The summed E-state index contributed by atoms with van der Waals surface area (Å²) in [6, 6.07) is 6.42. The van der Waals surface area contributed by atoms with Crippen LogP contribution in [0.4, 0.5) is 0 Å². The maximum absolute atomic E-state index is 5.51. The molecule has 16 heavy (non-hydrogen) atoms. The maximum Gasteiger partial charge on any atom is 0.124 e. The van der Waals surface area contributed by atoms with E-state index in [1.54, 1.807) is 0 Å². The Balaban J connectivity index is 2.20. The Hall–Kier alpha value is -1.35. The monoisotopic (exact) mass is 218 g/mol. The lowest BCUT2D eigenvalue weighted by Gasteiger charge is -2.05. The van der Waals surface area contributed by atoms with Crippen molar-refractivity contribution in [1.29, 1.82) is 0 Å². The molecule has 0 aliphatic heterocycles. The summed E-state index contributed by atoms with van der Waals surface area (Å²) >= 11 is 0. The van der Waals surface area contributed by atoms with E-state index in [2.05, 4.69) is 37.0 Å². The molecule has 0 aliphatic carbocycles. The molecule has 0 N–H and O–H groups in total. The second-order valence-electron chi connectivity index (χ2n) is 3.93. The first-order chi connectivity index (χ1) is 7.85. The molecule has 1 heterocycles. The summed E-state index contributed by atoms with van der Waals surface area (Å²) in [6.45, 7) is 5.66. The second-order valence-corrected chi connectivity index (χ2v) is 3.93. The van der Waals surface area contributed by atoms with Crippen LogP contribution in [0.25, 0.3) is 11.0 Å². The number of nitrogens with zero attached hydrogens (tertiary/aromatic N) is 2. The zero-order valence-electron chi connectivity index (χ0n) is 9.94. The van der Waals surface area contributed by atoms with Gasteiger partial charge in [-0.05, 0) is 30.5 Å². The first kappa shape index (κ1) is 11.1. The minimum Gasteiger partial charge on any atom is -0.361 e. The van der Waals surface area contributed by atoms with E-state index in [1.807, 2.05) is 10.9 Å². The fraction of sp³-hybridized carbons (Fsp3) is 0.462. The molecule has 0 saturated carbocycles. The second kappa shape index (κ2) is 5.12. The number of fused-ring (bicyclic) bond motifs is 1. The third-order valence-electron chi connectivity index (χ3n) is 2.67. The van der Waals surface area contributed by atoms with Crippen molar-refractivity contribution in [3.05, 3.63) is 30.1 Å². The van der Waals surface area contributed by atoms with Gasteiger partial charge in [-0.3, -0.25) is 0 Å². The molecule has 0 atom stereocenters. The van der Waals surface area contributed by atoms with Gasteiger partial charge in [0.1, 0.15) is 6.73 Å². The molecule has 0 unspecified atom stereocenters. The minimum atomic E-state index is 0.593. The predicted molar refractivity (Wildman–Crippen MR) is 65.4 cm³/mol. The van der Waals surface area contributed by atoms with Crippen molar-refractivity contribution in [2.24, 2.45) is 0 Å². The van der Waals surface area contributed by atoms with Gasteiger partial charge in [0.2, 0.25) is 0 Å². The van der Waals surface area contributed by atoms with Crippen molar-refractivity contribution in [2.45, 2.75) is 33.4 Å². The van der Waals surface area contributed by atoms with Crippen LogP contribution in [-0.4, -0.2) is 16.2 Å². The first-order valence-corrected chi connectivity index (χ1v) is 5.86. The summed E-state index contributed by atoms with van der Waals surface area (Å²) in [5, 5.41) is 0. The van der Waals surface area contributed by atoms with E-state index in [0.717, 1.165) is 30.5 Å². The van der Waals surface area contributed by atoms with Crippen LogP contribution in [0.15, 0.2) is 24.5 Å². The molecular weight excluding hydrogens is 200 g/mol. The molecule has 2 rings (SSSR count). The number of rotatable bonds is 5. The number of ether oxygens (including phenoxy) is 1. The summed E-state index contributed by atoms with van der Waals surface area (Å²) in [4.78, 5) is 4.39. The Morgan fingerprint density at radius 1 is 1.31 bits per heavy atom. The first-order valence-electron chi connectivity index (χ1n) is 5.86. The fourth-order valence-corrected chi connectivity index (χ4v) is 1.74. The van der Waals surface area contributed by atoms with E-state index in [4.69, 9.17) is 4.74 Å². The van der Waals surface area contributed by atoms with Crippen molar-refractivity contribution < 1.29 is 4.74 Å². The van der Waals surface area contributed by atoms with Gasteiger partial charge >= 0.3 is 0 Å². The van der Waals surface area contributed by atoms with Crippen LogP contribution in [0, 0.1) is 0 Å². The van der Waals surface area contributed by atoms with Gasteiger partial charge in [0.15, 0.2) is 0 Å². The van der Waals surface area contributed by atoms with Crippen molar-refractivity contribution in [1.82, 2.24) is 9.55 Å². The Kier molecular flexibility index (Phi) is 3.57. The molecule has 1 aromatic carbocycles. The van der Waals surface area contributed by atoms with E-state index < -0.39 is 0 Å². The number of hydrogen-bond acceptors (Lipinski definition) is 2. The highest BCUT2D eigenvalue weighted by Gasteiger charge is 2.02. The zero-order chi connectivity index (χ0) is 11.4. The molecule has 0 fully saturated rings. The summed E-state index contributed by atoms with van der Waals surface area (Å²) in [5.41, 5.74) is 3.53. The lowest BCUT2D eigenvalue weighted by molar-refractivity contribution is 0.0800. The molecule has 0 spiro atoms. The van der Waals surface area contributed by atoms with Crippen molar-refractivity contribution in [3.63, 3.8) is 0 Å². The fourth-order valence-electron chi connectivity index (χ4n) is 1.74. The number of benzene rings is 1. The van der Waals surface area contributed by atoms with E-state index in [-0.39, 0.29) is 0 Å². The Morgan fingerprint density at radius 2 is 2.19 bits per heavy atom. The Labute approximate surface area is 96.1 Å². The SMILES string of the molecule is CCCOCn1cnc2cc(CC)ccc21. The van der Waals surface area contributed by atoms with Crippen LogP contribution >= 0.6 is 0 Å². The third kappa shape index (κ3) is 2.25. The smallest absolute Gasteiger partial charge is 0.124 e. The molecule has 1 aromatic heterocycles. The highest BCUT2D eigenvalue weighted by atomic mass is 16.5. The molecule has 0 radical (unpaired) electrons. The zero-order valence-corrected chi connectivity index (χ0v) is 9.94. The quantitative estimate of drug-likeness (QED) is 0.721. The highest BCUT2D eigenvalue weighted by Crippen LogP contribution is 2.15. The van der Waals surface area contributed by atoms with Crippen LogP contribution in [0.3, 0.4) is 0 Å². The van der Waals surface area contributed by atoms with Gasteiger partial charge in [-0.1, -0.05) is 19.9 Å². The van der Waals surface area contributed by atoms with Gasteiger partial charge in [0, 0.05) is 6.61 Å². The highest BCUT2D eigenvalue weighted by molar-refractivity contribution is 5.76. The van der Waals surface area contributed by atoms with Crippen molar-refractivity contribution >= 4 is 11.0 Å². The van der Waals surface area contributed by atoms with E-state index >= 15 is 0 Å². The number of aryl methyl sites for hydroxylation is 1. The summed E-state index contributed by atoms with van der Waals surface area (Å²) in [5.74, 6) is 0. The lowest BCUT2D eigenvalue weighted by atomic mass is 10.1. The normalized spacial score (nSPS) is 11.1. The maximum atomic E-state index is 5.51. The topological polar surface area (TPSA) is 27.1 Å². The van der Waals surface area contributed by atoms with Crippen molar-refractivity contribution in [3.8, 4) is 0 Å². The number of imidazole rings is 1. The van der Waals surface area contributed by atoms with Gasteiger partial charge < -0.3 is 9.30 Å². The molecule has 3 heteroatoms. The van der Waals surface area contributed by atoms with Gasteiger partial charge in [-0.15, -0.1) is 0 Å². The largest absolute Gasteiger partial charge is 0.361 e.